The predicted octanol–water partition coefficient (Wildman–Crippen LogP) is 2.78. The summed E-state index contributed by atoms with van der Waals surface area (Å²) in [6.45, 7) is 9.60. The summed E-state index contributed by atoms with van der Waals surface area (Å²) in [5.74, 6) is -2.83. The Morgan fingerprint density at radius 2 is 1.68 bits per heavy atom. The van der Waals surface area contributed by atoms with E-state index in [0.29, 0.717) is 19.3 Å². The van der Waals surface area contributed by atoms with E-state index in [0.717, 1.165) is 6.08 Å². The first-order valence-electron chi connectivity index (χ1n) is 9.44. The van der Waals surface area contributed by atoms with Crippen molar-refractivity contribution in [2.75, 3.05) is 13.2 Å². The van der Waals surface area contributed by atoms with Gasteiger partial charge in [0.2, 0.25) is 0 Å². The normalized spacial score (nSPS) is 20.0. The van der Waals surface area contributed by atoms with E-state index in [1.54, 1.807) is 13.8 Å². The monoisotopic (exact) mass is 394 g/mol. The topological polar surface area (TPSA) is 96.0 Å². The van der Waals surface area contributed by atoms with E-state index in [1.165, 1.54) is 6.92 Å². The zero-order chi connectivity index (χ0) is 21.3. The van der Waals surface area contributed by atoms with Crippen molar-refractivity contribution in [3.05, 3.63) is 24.8 Å². The Kier molecular flexibility index (Phi) is 9.09. The molecule has 0 bridgehead atoms. The van der Waals surface area contributed by atoms with Crippen molar-refractivity contribution in [1.82, 2.24) is 0 Å². The maximum atomic E-state index is 12.6. The molecule has 1 rings (SSSR count). The van der Waals surface area contributed by atoms with E-state index in [9.17, 15) is 19.2 Å². The molecule has 0 saturated carbocycles. The zero-order valence-corrected chi connectivity index (χ0v) is 17.1. The molecule has 156 valence electrons. The summed E-state index contributed by atoms with van der Waals surface area (Å²) in [7, 11) is 0. The Labute approximate surface area is 166 Å². The number of carbonyl (C=O) groups is 4. The maximum Gasteiger partial charge on any atom is 0.330 e. The van der Waals surface area contributed by atoms with Crippen LogP contribution in [0.5, 0.6) is 0 Å². The van der Waals surface area contributed by atoms with Gasteiger partial charge in [-0.15, -0.1) is 0 Å². The summed E-state index contributed by atoms with van der Waals surface area (Å²) in [5.41, 5.74) is -0.680. The average Bonchev–Trinajstić information content (AvgIpc) is 2.68. The molecule has 0 aromatic carbocycles. The van der Waals surface area contributed by atoms with Crippen molar-refractivity contribution in [3.63, 3.8) is 0 Å². The fraction of sp³-hybridized carbons (Fsp3) is 0.619. The van der Waals surface area contributed by atoms with Crippen LogP contribution in [0.25, 0.3) is 0 Å². The van der Waals surface area contributed by atoms with Crippen LogP contribution in [0.15, 0.2) is 24.8 Å². The van der Waals surface area contributed by atoms with E-state index >= 15 is 0 Å². The lowest BCUT2D eigenvalue weighted by molar-refractivity contribution is -0.173. The lowest BCUT2D eigenvalue weighted by atomic mass is 9.81. The van der Waals surface area contributed by atoms with Gasteiger partial charge in [0.1, 0.15) is 19.0 Å². The largest absolute Gasteiger partial charge is 0.461 e. The Morgan fingerprint density at radius 1 is 1.11 bits per heavy atom. The van der Waals surface area contributed by atoms with Gasteiger partial charge in [0, 0.05) is 12.0 Å². The summed E-state index contributed by atoms with van der Waals surface area (Å²) >= 11 is 0. The standard InChI is InChI=1S/C21H30O7/c1-6-18(23)26-12-15(13-27-20(25)21(4,5)7-2)28-19(24)17-11-9-8-10-16(17)14(3)22/h6,8-9,15-17H,1,7,10-13H2,2-5H3. The Hall–Kier alpha value is -2.44. The fourth-order valence-electron chi connectivity index (χ4n) is 2.63. The number of ether oxygens (including phenoxy) is 3. The highest BCUT2D eigenvalue weighted by Crippen LogP contribution is 2.28. The molecule has 0 spiro atoms. The molecule has 28 heavy (non-hydrogen) atoms. The van der Waals surface area contributed by atoms with E-state index in [1.807, 2.05) is 19.1 Å². The third-order valence-corrected chi connectivity index (χ3v) is 4.96. The predicted molar refractivity (Wildman–Crippen MR) is 102 cm³/mol. The first kappa shape index (κ1) is 23.6. The summed E-state index contributed by atoms with van der Waals surface area (Å²) in [5, 5.41) is 0. The number of allylic oxidation sites excluding steroid dienone is 2. The van der Waals surface area contributed by atoms with Crippen LogP contribution in [0.1, 0.15) is 47.0 Å². The zero-order valence-electron chi connectivity index (χ0n) is 17.1. The van der Waals surface area contributed by atoms with Crippen molar-refractivity contribution in [2.45, 2.75) is 53.1 Å². The minimum Gasteiger partial charge on any atom is -0.461 e. The summed E-state index contributed by atoms with van der Waals surface area (Å²) in [6, 6.07) is 0. The quantitative estimate of drug-likeness (QED) is 0.243. The molecule has 0 radical (unpaired) electrons. The minimum atomic E-state index is -0.966. The average molecular weight is 394 g/mol. The summed E-state index contributed by atoms with van der Waals surface area (Å²) < 4.78 is 15.7. The van der Waals surface area contributed by atoms with Crippen LogP contribution in [0, 0.1) is 17.3 Å². The number of hydrogen-bond donors (Lipinski definition) is 0. The molecule has 0 fully saturated rings. The minimum absolute atomic E-state index is 0.0861. The molecule has 0 N–H and O–H groups in total. The molecule has 3 atom stereocenters. The molecule has 0 amide bonds. The molecule has 0 aliphatic heterocycles. The summed E-state index contributed by atoms with van der Waals surface area (Å²) in [6.07, 6.45) is 5.18. The molecule has 7 heteroatoms. The number of hydrogen-bond acceptors (Lipinski definition) is 7. The first-order valence-corrected chi connectivity index (χ1v) is 9.44. The second-order valence-corrected chi connectivity index (χ2v) is 7.50. The van der Waals surface area contributed by atoms with Crippen molar-refractivity contribution >= 4 is 23.7 Å². The van der Waals surface area contributed by atoms with Crippen LogP contribution >= 0.6 is 0 Å². The van der Waals surface area contributed by atoms with E-state index in [-0.39, 0.29) is 19.0 Å². The van der Waals surface area contributed by atoms with Gasteiger partial charge < -0.3 is 14.2 Å². The van der Waals surface area contributed by atoms with Crippen LogP contribution in [0.4, 0.5) is 0 Å². The Morgan fingerprint density at radius 3 is 2.21 bits per heavy atom. The second-order valence-electron chi connectivity index (χ2n) is 7.50. The van der Waals surface area contributed by atoms with Crippen LogP contribution in [0.2, 0.25) is 0 Å². The Bertz CT molecular complexity index is 633. The molecule has 0 aromatic rings. The smallest absolute Gasteiger partial charge is 0.330 e. The van der Waals surface area contributed by atoms with Gasteiger partial charge in [0.25, 0.3) is 0 Å². The second kappa shape index (κ2) is 10.8. The van der Waals surface area contributed by atoms with E-state index in [4.69, 9.17) is 14.2 Å². The van der Waals surface area contributed by atoms with Gasteiger partial charge >= 0.3 is 17.9 Å². The van der Waals surface area contributed by atoms with Gasteiger partial charge in [-0.2, -0.15) is 0 Å². The molecule has 0 aromatic heterocycles. The van der Waals surface area contributed by atoms with Gasteiger partial charge in [-0.05, 0) is 40.0 Å². The molecule has 0 saturated heterocycles. The molecule has 0 heterocycles. The fourth-order valence-corrected chi connectivity index (χ4v) is 2.63. The number of Topliss-reactive ketones (excluding diaryl/α,β-unsaturated/α-hetero) is 1. The lowest BCUT2D eigenvalue weighted by Gasteiger charge is -2.27. The van der Waals surface area contributed by atoms with E-state index in [2.05, 4.69) is 6.58 Å². The van der Waals surface area contributed by atoms with Crippen LogP contribution in [0.3, 0.4) is 0 Å². The van der Waals surface area contributed by atoms with Crippen LogP contribution < -0.4 is 0 Å². The SMILES string of the molecule is C=CC(=O)OCC(COC(=O)C(C)(C)CC)OC(=O)C1CC=CCC1C(C)=O. The molecule has 7 nitrogen and oxygen atoms in total. The number of ketones is 1. The number of esters is 3. The van der Waals surface area contributed by atoms with Gasteiger partial charge in [0.15, 0.2) is 6.10 Å². The first-order chi connectivity index (χ1) is 13.1. The molecular formula is C21H30O7. The van der Waals surface area contributed by atoms with Crippen molar-refractivity contribution in [3.8, 4) is 0 Å². The molecular weight excluding hydrogens is 364 g/mol. The summed E-state index contributed by atoms with van der Waals surface area (Å²) in [4.78, 5) is 48.0. The maximum absolute atomic E-state index is 12.6. The third kappa shape index (κ3) is 6.94. The highest BCUT2D eigenvalue weighted by molar-refractivity contribution is 5.86. The van der Waals surface area contributed by atoms with Crippen molar-refractivity contribution in [1.29, 1.82) is 0 Å². The molecule has 1 aliphatic carbocycles. The number of rotatable bonds is 10. The van der Waals surface area contributed by atoms with Crippen LogP contribution in [-0.2, 0) is 33.4 Å². The van der Waals surface area contributed by atoms with Gasteiger partial charge in [-0.3, -0.25) is 14.4 Å². The van der Waals surface area contributed by atoms with Crippen molar-refractivity contribution < 1.29 is 33.4 Å². The Balaban J connectivity index is 2.80. The lowest BCUT2D eigenvalue weighted by Crippen LogP contribution is -2.38. The van der Waals surface area contributed by atoms with Gasteiger partial charge in [0.05, 0.1) is 11.3 Å². The van der Waals surface area contributed by atoms with Gasteiger partial charge in [-0.1, -0.05) is 25.7 Å². The number of carbonyl (C=O) groups excluding carboxylic acids is 4. The van der Waals surface area contributed by atoms with Crippen LogP contribution in [-0.4, -0.2) is 43.0 Å². The molecule has 1 aliphatic rings. The highest BCUT2D eigenvalue weighted by Gasteiger charge is 2.35. The van der Waals surface area contributed by atoms with Crippen molar-refractivity contribution in [2.24, 2.45) is 17.3 Å². The third-order valence-electron chi connectivity index (χ3n) is 4.96. The highest BCUT2D eigenvalue weighted by atomic mass is 16.6. The van der Waals surface area contributed by atoms with Gasteiger partial charge in [-0.25, -0.2) is 4.79 Å². The van der Waals surface area contributed by atoms with E-state index < -0.39 is 41.3 Å². The molecule has 3 unspecified atom stereocenters.